The first-order valence-corrected chi connectivity index (χ1v) is 6.13. The minimum atomic E-state index is 0.405. The average molecular weight is 249 g/mol. The van der Waals surface area contributed by atoms with E-state index in [2.05, 4.69) is 20.2 Å². The highest BCUT2D eigenvalue weighted by Crippen LogP contribution is 1.99. The van der Waals surface area contributed by atoms with Gasteiger partial charge in [-0.05, 0) is 12.1 Å². The molecule has 6 nitrogen and oxygen atoms in total. The van der Waals surface area contributed by atoms with Crippen molar-refractivity contribution in [1.82, 2.24) is 9.88 Å². The molecule has 0 radical (unpaired) electrons. The smallest absolute Gasteiger partial charge is 0.194 e. The molecule has 0 unspecified atom stereocenters. The van der Waals surface area contributed by atoms with Crippen LogP contribution in [-0.4, -0.2) is 55.2 Å². The minimum absolute atomic E-state index is 0.405. The summed E-state index contributed by atoms with van der Waals surface area (Å²) in [5, 5.41) is 2.95. The van der Waals surface area contributed by atoms with E-state index in [-0.39, 0.29) is 0 Å². The van der Waals surface area contributed by atoms with Crippen molar-refractivity contribution in [2.75, 3.05) is 44.7 Å². The number of aliphatic imine (C=N–C) groups is 1. The molecule has 2 heterocycles. The Balaban J connectivity index is 1.71. The van der Waals surface area contributed by atoms with Crippen LogP contribution in [0.15, 0.2) is 29.4 Å². The molecule has 1 fully saturated rings. The quantitative estimate of drug-likeness (QED) is 0.586. The van der Waals surface area contributed by atoms with Gasteiger partial charge in [0.2, 0.25) is 0 Å². The average Bonchev–Trinajstić information content (AvgIpc) is 2.41. The molecule has 1 aromatic rings. The summed E-state index contributed by atoms with van der Waals surface area (Å²) < 4.78 is 5.28. The highest BCUT2D eigenvalue weighted by atomic mass is 16.5. The van der Waals surface area contributed by atoms with E-state index in [1.165, 1.54) is 0 Å². The summed E-state index contributed by atoms with van der Waals surface area (Å²) in [7, 11) is 0. The zero-order chi connectivity index (χ0) is 12.6. The van der Waals surface area contributed by atoms with Crippen molar-refractivity contribution in [3.8, 4) is 0 Å². The second-order valence-electron chi connectivity index (χ2n) is 4.06. The molecule has 0 spiro atoms. The number of morpholine rings is 1. The number of aromatic nitrogens is 1. The topological polar surface area (TPSA) is 75.8 Å². The van der Waals surface area contributed by atoms with E-state index in [4.69, 9.17) is 10.5 Å². The fourth-order valence-electron chi connectivity index (χ4n) is 1.74. The molecule has 6 heteroatoms. The van der Waals surface area contributed by atoms with Crippen LogP contribution in [0, 0.1) is 0 Å². The maximum absolute atomic E-state index is 5.78. The summed E-state index contributed by atoms with van der Waals surface area (Å²) >= 11 is 0. The molecule has 0 amide bonds. The standard InChI is InChI=1S/C12H19N5O/c13-12(16-11-3-1-2-4-14-11)15-5-6-17-7-9-18-10-8-17/h1-4H,5-10H2,(H3,13,14,15,16). The van der Waals surface area contributed by atoms with Gasteiger partial charge in [-0.3, -0.25) is 9.89 Å². The van der Waals surface area contributed by atoms with Gasteiger partial charge in [0.15, 0.2) is 5.96 Å². The molecule has 1 aliphatic rings. The first-order valence-electron chi connectivity index (χ1n) is 6.13. The van der Waals surface area contributed by atoms with Crippen LogP contribution in [-0.2, 0) is 4.74 Å². The molecule has 98 valence electrons. The molecule has 0 saturated carbocycles. The van der Waals surface area contributed by atoms with Crippen molar-refractivity contribution in [2.24, 2.45) is 10.7 Å². The Morgan fingerprint density at radius 2 is 2.28 bits per heavy atom. The molecule has 0 aromatic carbocycles. The Hall–Kier alpha value is -1.66. The predicted molar refractivity (Wildman–Crippen MR) is 71.6 cm³/mol. The third-order valence-electron chi connectivity index (χ3n) is 2.72. The lowest BCUT2D eigenvalue weighted by Crippen LogP contribution is -2.38. The SMILES string of the molecule is NC(=NCCN1CCOCC1)Nc1ccccn1. The predicted octanol–water partition coefficient (Wildman–Crippen LogP) is 0.140. The number of nitrogens with one attached hydrogen (secondary N) is 1. The summed E-state index contributed by atoms with van der Waals surface area (Å²) in [5.74, 6) is 1.12. The Kier molecular flexibility index (Phi) is 4.92. The van der Waals surface area contributed by atoms with Gasteiger partial charge in [-0.15, -0.1) is 0 Å². The van der Waals surface area contributed by atoms with Crippen molar-refractivity contribution < 1.29 is 4.74 Å². The van der Waals surface area contributed by atoms with E-state index < -0.39 is 0 Å². The van der Waals surface area contributed by atoms with Gasteiger partial charge in [-0.2, -0.15) is 0 Å². The highest BCUT2D eigenvalue weighted by molar-refractivity contribution is 5.91. The van der Waals surface area contributed by atoms with Crippen molar-refractivity contribution in [1.29, 1.82) is 0 Å². The van der Waals surface area contributed by atoms with E-state index >= 15 is 0 Å². The van der Waals surface area contributed by atoms with Gasteiger partial charge in [0, 0.05) is 25.8 Å². The van der Waals surface area contributed by atoms with Gasteiger partial charge in [-0.25, -0.2) is 4.98 Å². The lowest BCUT2D eigenvalue weighted by molar-refractivity contribution is 0.0394. The van der Waals surface area contributed by atoms with Gasteiger partial charge >= 0.3 is 0 Å². The van der Waals surface area contributed by atoms with Crippen LogP contribution in [0.1, 0.15) is 0 Å². The van der Waals surface area contributed by atoms with E-state index in [0.29, 0.717) is 18.3 Å². The van der Waals surface area contributed by atoms with E-state index in [9.17, 15) is 0 Å². The molecule has 18 heavy (non-hydrogen) atoms. The Bertz CT molecular complexity index is 375. The third kappa shape index (κ3) is 4.31. The fourth-order valence-corrected chi connectivity index (χ4v) is 1.74. The number of pyridine rings is 1. The largest absolute Gasteiger partial charge is 0.379 e. The first-order chi connectivity index (χ1) is 8.84. The van der Waals surface area contributed by atoms with Gasteiger partial charge < -0.3 is 15.8 Å². The van der Waals surface area contributed by atoms with Crippen LogP contribution in [0.5, 0.6) is 0 Å². The van der Waals surface area contributed by atoms with Gasteiger partial charge in [0.1, 0.15) is 5.82 Å². The molecule has 1 aliphatic heterocycles. The molecule has 0 bridgehead atoms. The number of rotatable bonds is 4. The Labute approximate surface area is 107 Å². The number of guanidine groups is 1. The van der Waals surface area contributed by atoms with Crippen molar-refractivity contribution in [2.45, 2.75) is 0 Å². The van der Waals surface area contributed by atoms with Crippen LogP contribution in [0.25, 0.3) is 0 Å². The van der Waals surface area contributed by atoms with Crippen LogP contribution < -0.4 is 11.1 Å². The van der Waals surface area contributed by atoms with Gasteiger partial charge in [0.05, 0.1) is 19.8 Å². The van der Waals surface area contributed by atoms with Crippen LogP contribution in [0.2, 0.25) is 0 Å². The number of ether oxygens (including phenoxy) is 1. The summed E-state index contributed by atoms with van der Waals surface area (Å²) in [6.45, 7) is 5.17. The van der Waals surface area contributed by atoms with Crippen LogP contribution >= 0.6 is 0 Å². The number of hydrogen-bond donors (Lipinski definition) is 2. The molecular weight excluding hydrogens is 230 g/mol. The number of anilines is 1. The highest BCUT2D eigenvalue weighted by Gasteiger charge is 2.08. The zero-order valence-corrected chi connectivity index (χ0v) is 10.4. The summed E-state index contributed by atoms with van der Waals surface area (Å²) in [6.07, 6.45) is 1.71. The van der Waals surface area contributed by atoms with Crippen molar-refractivity contribution >= 4 is 11.8 Å². The summed E-state index contributed by atoms with van der Waals surface area (Å²) in [5.41, 5.74) is 5.78. The van der Waals surface area contributed by atoms with Crippen LogP contribution in [0.3, 0.4) is 0 Å². The molecule has 1 aromatic heterocycles. The summed E-state index contributed by atoms with van der Waals surface area (Å²) in [6, 6.07) is 5.61. The molecule has 2 rings (SSSR count). The van der Waals surface area contributed by atoms with Gasteiger partial charge in [0.25, 0.3) is 0 Å². The zero-order valence-electron chi connectivity index (χ0n) is 10.4. The maximum Gasteiger partial charge on any atom is 0.194 e. The van der Waals surface area contributed by atoms with Crippen LogP contribution in [0.4, 0.5) is 5.82 Å². The van der Waals surface area contributed by atoms with E-state index in [0.717, 1.165) is 32.8 Å². The van der Waals surface area contributed by atoms with Gasteiger partial charge in [-0.1, -0.05) is 6.07 Å². The lowest BCUT2D eigenvalue weighted by Gasteiger charge is -2.25. The summed E-state index contributed by atoms with van der Waals surface area (Å²) in [4.78, 5) is 10.7. The monoisotopic (exact) mass is 249 g/mol. The molecule has 0 aliphatic carbocycles. The first kappa shape index (κ1) is 12.8. The second kappa shape index (κ2) is 6.93. The van der Waals surface area contributed by atoms with E-state index in [1.807, 2.05) is 18.2 Å². The number of nitrogens with two attached hydrogens (primary N) is 1. The normalized spacial score (nSPS) is 17.7. The minimum Gasteiger partial charge on any atom is -0.379 e. The van der Waals surface area contributed by atoms with Crippen molar-refractivity contribution in [3.05, 3.63) is 24.4 Å². The number of nitrogens with zero attached hydrogens (tertiary/aromatic N) is 3. The molecule has 3 N–H and O–H groups in total. The number of hydrogen-bond acceptors (Lipinski definition) is 4. The molecule has 1 saturated heterocycles. The Morgan fingerprint density at radius 1 is 1.44 bits per heavy atom. The molecule has 0 atom stereocenters. The third-order valence-corrected chi connectivity index (χ3v) is 2.72. The van der Waals surface area contributed by atoms with E-state index in [1.54, 1.807) is 6.20 Å². The van der Waals surface area contributed by atoms with Crippen molar-refractivity contribution in [3.63, 3.8) is 0 Å². The Morgan fingerprint density at radius 3 is 3.00 bits per heavy atom. The second-order valence-corrected chi connectivity index (χ2v) is 4.06. The maximum atomic E-state index is 5.78. The molecular formula is C12H19N5O. The lowest BCUT2D eigenvalue weighted by atomic mass is 10.4. The fraction of sp³-hybridized carbons (Fsp3) is 0.500.